The molecule has 0 atom stereocenters. The Hall–Kier alpha value is -3.79. The van der Waals surface area contributed by atoms with E-state index in [0.29, 0.717) is 11.4 Å². The zero-order chi connectivity index (χ0) is 19.2. The van der Waals surface area contributed by atoms with Crippen molar-refractivity contribution in [1.29, 1.82) is 5.26 Å². The fourth-order valence-electron chi connectivity index (χ4n) is 2.56. The number of halogens is 1. The second-order valence-electron chi connectivity index (χ2n) is 5.71. The molecule has 0 fully saturated rings. The minimum absolute atomic E-state index is 0.137. The first-order valence-corrected chi connectivity index (χ1v) is 8.16. The lowest BCUT2D eigenvalue weighted by atomic mass is 10.0. The van der Waals surface area contributed by atoms with Crippen molar-refractivity contribution in [3.8, 4) is 28.6 Å². The molecule has 1 aromatic carbocycles. The molecular formula is C20H16FN5O. The summed E-state index contributed by atoms with van der Waals surface area (Å²) < 4.78 is 14.7. The van der Waals surface area contributed by atoms with E-state index >= 15 is 0 Å². The molecule has 3 aromatic rings. The Morgan fingerprint density at radius 3 is 2.78 bits per heavy atom. The third-order valence-corrected chi connectivity index (χ3v) is 3.91. The molecule has 0 aliphatic heterocycles. The van der Waals surface area contributed by atoms with Crippen molar-refractivity contribution in [3.05, 3.63) is 72.8 Å². The van der Waals surface area contributed by atoms with Crippen LogP contribution in [0.1, 0.15) is 5.56 Å². The van der Waals surface area contributed by atoms with Crippen LogP contribution in [0.25, 0.3) is 22.5 Å². The summed E-state index contributed by atoms with van der Waals surface area (Å²) in [6.45, 7) is 3.82. The van der Waals surface area contributed by atoms with E-state index in [0.717, 1.165) is 16.7 Å². The Kier molecular flexibility index (Phi) is 5.38. The molecule has 6 nitrogen and oxygen atoms in total. The van der Waals surface area contributed by atoms with E-state index in [1.807, 2.05) is 12.1 Å². The van der Waals surface area contributed by atoms with Crippen LogP contribution in [0, 0.1) is 17.1 Å². The number of pyridine rings is 1. The number of amides is 1. The lowest BCUT2D eigenvalue weighted by molar-refractivity contribution is -0.116. The molecule has 0 bridgehead atoms. The highest BCUT2D eigenvalue weighted by Gasteiger charge is 2.12. The van der Waals surface area contributed by atoms with Crippen LogP contribution in [-0.2, 0) is 17.9 Å². The average Bonchev–Trinajstić information content (AvgIpc) is 3.15. The quantitative estimate of drug-likeness (QED) is 0.684. The minimum Gasteiger partial charge on any atom is -0.348 e. The number of hydrogen-bond acceptors (Lipinski definition) is 4. The summed E-state index contributed by atoms with van der Waals surface area (Å²) in [5.41, 5.74) is 3.59. The van der Waals surface area contributed by atoms with Crippen LogP contribution >= 0.6 is 0 Å². The zero-order valence-corrected chi connectivity index (χ0v) is 14.4. The smallest absolute Gasteiger partial charge is 0.243 e. The average molecular weight is 361 g/mol. The Bertz CT molecular complexity index is 1020. The van der Waals surface area contributed by atoms with Crippen molar-refractivity contribution in [3.63, 3.8) is 0 Å². The van der Waals surface area contributed by atoms with Crippen LogP contribution < -0.4 is 5.32 Å². The highest BCUT2D eigenvalue weighted by molar-refractivity contribution is 5.87. The topological polar surface area (TPSA) is 83.6 Å². The summed E-state index contributed by atoms with van der Waals surface area (Å²) in [7, 11) is 0. The van der Waals surface area contributed by atoms with Gasteiger partial charge in [-0.25, -0.2) is 4.39 Å². The molecule has 0 spiro atoms. The Balaban J connectivity index is 2.02. The van der Waals surface area contributed by atoms with Crippen LogP contribution in [-0.4, -0.2) is 20.7 Å². The molecule has 0 aliphatic carbocycles. The molecule has 134 valence electrons. The number of carbonyl (C=O) groups excluding carboxylic acids is 1. The number of nitriles is 1. The van der Waals surface area contributed by atoms with Gasteiger partial charge in [0.05, 0.1) is 17.5 Å². The molecule has 27 heavy (non-hydrogen) atoms. The minimum atomic E-state index is -0.321. The van der Waals surface area contributed by atoms with Gasteiger partial charge in [0, 0.05) is 30.1 Å². The Morgan fingerprint density at radius 1 is 1.30 bits per heavy atom. The van der Waals surface area contributed by atoms with Gasteiger partial charge in [0.15, 0.2) is 0 Å². The summed E-state index contributed by atoms with van der Waals surface area (Å²) in [5, 5.41) is 16.0. The van der Waals surface area contributed by atoms with Gasteiger partial charge in [0.25, 0.3) is 0 Å². The van der Waals surface area contributed by atoms with Gasteiger partial charge in [-0.15, -0.1) is 0 Å². The van der Waals surface area contributed by atoms with Crippen molar-refractivity contribution in [2.75, 3.05) is 0 Å². The van der Waals surface area contributed by atoms with E-state index in [1.165, 1.54) is 22.9 Å². The first-order valence-electron chi connectivity index (χ1n) is 8.16. The molecule has 0 radical (unpaired) electrons. The van der Waals surface area contributed by atoms with E-state index in [4.69, 9.17) is 5.26 Å². The maximum absolute atomic E-state index is 13.2. The molecule has 3 rings (SSSR count). The number of benzene rings is 1. The fourth-order valence-corrected chi connectivity index (χ4v) is 2.56. The summed E-state index contributed by atoms with van der Waals surface area (Å²) in [4.78, 5) is 15.9. The molecule has 0 unspecified atom stereocenters. The highest BCUT2D eigenvalue weighted by atomic mass is 19.1. The number of nitrogens with one attached hydrogen (secondary N) is 1. The third-order valence-electron chi connectivity index (χ3n) is 3.91. The Morgan fingerprint density at radius 2 is 2.07 bits per heavy atom. The summed E-state index contributed by atoms with van der Waals surface area (Å²) in [6, 6.07) is 11.7. The summed E-state index contributed by atoms with van der Waals surface area (Å²) in [6.07, 6.45) is 4.56. The predicted octanol–water partition coefficient (Wildman–Crippen LogP) is 3.08. The SMILES string of the molecule is C=CC(=O)NCc1cnc(-c2ccc(F)cc2)cc1-c1ccn(CC#N)n1. The van der Waals surface area contributed by atoms with Gasteiger partial charge < -0.3 is 5.32 Å². The number of hydrogen-bond donors (Lipinski definition) is 1. The van der Waals surface area contributed by atoms with Crippen LogP contribution in [0.3, 0.4) is 0 Å². The van der Waals surface area contributed by atoms with Gasteiger partial charge in [0.2, 0.25) is 5.91 Å². The number of rotatable bonds is 6. The molecule has 0 aliphatic rings. The standard InChI is InChI=1S/C20H16FN5O/c1-2-20(27)24-13-15-12-23-19(14-3-5-16(21)6-4-14)11-17(15)18-7-9-26(25-18)10-8-22/h2-7,9,11-12H,1,10,13H2,(H,24,27). The van der Waals surface area contributed by atoms with Crippen molar-refractivity contribution < 1.29 is 9.18 Å². The monoisotopic (exact) mass is 361 g/mol. The molecule has 1 amide bonds. The van der Waals surface area contributed by atoms with Crippen molar-refractivity contribution in [1.82, 2.24) is 20.1 Å². The largest absolute Gasteiger partial charge is 0.348 e. The van der Waals surface area contributed by atoms with Crippen molar-refractivity contribution in [2.24, 2.45) is 0 Å². The van der Waals surface area contributed by atoms with E-state index < -0.39 is 0 Å². The van der Waals surface area contributed by atoms with Crippen molar-refractivity contribution in [2.45, 2.75) is 13.1 Å². The highest BCUT2D eigenvalue weighted by Crippen LogP contribution is 2.27. The molecule has 1 N–H and O–H groups in total. The van der Waals surface area contributed by atoms with Crippen LogP contribution in [0.4, 0.5) is 4.39 Å². The lowest BCUT2D eigenvalue weighted by Gasteiger charge is -2.10. The second-order valence-corrected chi connectivity index (χ2v) is 5.71. The summed E-state index contributed by atoms with van der Waals surface area (Å²) in [5.74, 6) is -0.614. The maximum atomic E-state index is 13.2. The zero-order valence-electron chi connectivity index (χ0n) is 14.4. The van der Waals surface area contributed by atoms with Gasteiger partial charge in [-0.1, -0.05) is 6.58 Å². The number of nitrogens with zero attached hydrogens (tertiary/aromatic N) is 4. The van der Waals surface area contributed by atoms with Crippen LogP contribution in [0.15, 0.2) is 61.4 Å². The molecule has 7 heteroatoms. The lowest BCUT2D eigenvalue weighted by Crippen LogP contribution is -2.20. The fraction of sp³-hybridized carbons (Fsp3) is 0.100. The van der Waals surface area contributed by atoms with E-state index in [2.05, 4.69) is 22.0 Å². The number of aromatic nitrogens is 3. The molecular weight excluding hydrogens is 345 g/mol. The number of carbonyl (C=O) groups is 1. The Labute approximate surface area is 155 Å². The van der Waals surface area contributed by atoms with E-state index in [9.17, 15) is 9.18 Å². The molecule has 0 saturated heterocycles. The van der Waals surface area contributed by atoms with Gasteiger partial charge in [0.1, 0.15) is 12.4 Å². The van der Waals surface area contributed by atoms with Gasteiger partial charge in [-0.3, -0.25) is 14.5 Å². The first-order chi connectivity index (χ1) is 13.1. The molecule has 2 heterocycles. The normalized spacial score (nSPS) is 10.2. The van der Waals surface area contributed by atoms with Gasteiger partial charge in [-0.05, 0) is 48.0 Å². The summed E-state index contributed by atoms with van der Waals surface area (Å²) >= 11 is 0. The van der Waals surface area contributed by atoms with E-state index in [-0.39, 0.29) is 24.8 Å². The predicted molar refractivity (Wildman–Crippen MR) is 98.5 cm³/mol. The maximum Gasteiger partial charge on any atom is 0.243 e. The van der Waals surface area contributed by atoms with Crippen molar-refractivity contribution >= 4 is 5.91 Å². The second kappa shape index (κ2) is 8.06. The van der Waals surface area contributed by atoms with Crippen LogP contribution in [0.2, 0.25) is 0 Å². The van der Waals surface area contributed by atoms with Crippen LogP contribution in [0.5, 0.6) is 0 Å². The van der Waals surface area contributed by atoms with E-state index in [1.54, 1.807) is 30.6 Å². The molecule has 2 aromatic heterocycles. The molecule has 0 saturated carbocycles. The third kappa shape index (κ3) is 4.25. The van der Waals surface area contributed by atoms with Gasteiger partial charge in [-0.2, -0.15) is 10.4 Å². The first kappa shape index (κ1) is 18.0. The van der Waals surface area contributed by atoms with Gasteiger partial charge >= 0.3 is 0 Å².